The molecule has 3 heterocycles. The lowest BCUT2D eigenvalue weighted by Crippen LogP contribution is -2.60. The molecular formula is C95H106N13O16S-. The van der Waals surface area contributed by atoms with E-state index in [1.54, 1.807) is 109 Å². The number of unbranched alkanes of at least 4 members (excludes halogenated alkanes) is 1. The molecule has 1 aliphatic heterocycles. The summed E-state index contributed by atoms with van der Waals surface area (Å²) in [5.74, 6) is -7.96. The Hall–Kier alpha value is -13.5. The van der Waals surface area contributed by atoms with Crippen LogP contribution in [0.2, 0.25) is 0 Å². The van der Waals surface area contributed by atoms with Crippen molar-refractivity contribution in [1.29, 1.82) is 5.41 Å². The third-order valence-electron chi connectivity index (χ3n) is 22.4. The van der Waals surface area contributed by atoms with Crippen molar-refractivity contribution in [3.8, 4) is 16.9 Å². The number of fused-ring (bicyclic) bond motifs is 5. The van der Waals surface area contributed by atoms with Crippen molar-refractivity contribution in [2.75, 3.05) is 26.8 Å². The minimum Gasteiger partial charge on any atom is -0.607 e. The molecule has 11 N–H and O–H groups in total. The second-order valence-corrected chi connectivity index (χ2v) is 34.6. The molecule has 0 saturated heterocycles. The second kappa shape index (κ2) is 39.8. The van der Waals surface area contributed by atoms with Crippen LogP contribution in [0.5, 0.6) is 5.75 Å². The first-order chi connectivity index (χ1) is 59.8. The number of amides is 6. The first-order valence-corrected chi connectivity index (χ1v) is 43.1. The van der Waals surface area contributed by atoms with Crippen LogP contribution in [0.15, 0.2) is 218 Å². The summed E-state index contributed by atoms with van der Waals surface area (Å²) >= 11 is 0. The molecule has 125 heavy (non-hydrogen) atoms. The van der Waals surface area contributed by atoms with Gasteiger partial charge in [-0.25, -0.2) is 27.7 Å². The van der Waals surface area contributed by atoms with Crippen LogP contribution in [0.4, 0.5) is 9.59 Å². The number of hydrogen-bond acceptors (Lipinski definition) is 18. The molecule has 2 aliphatic rings. The van der Waals surface area contributed by atoms with Crippen molar-refractivity contribution in [2.24, 2.45) is 5.73 Å². The van der Waals surface area contributed by atoms with E-state index in [2.05, 4.69) is 41.9 Å². The fourth-order valence-corrected chi connectivity index (χ4v) is 18.0. The highest BCUT2D eigenvalue weighted by Crippen LogP contribution is 2.47. The Morgan fingerprint density at radius 2 is 1.14 bits per heavy atom. The third-order valence-corrected chi connectivity index (χ3v) is 24.0. The normalized spacial score (nSPS) is 14.2. The molecule has 0 spiro atoms. The van der Waals surface area contributed by atoms with Gasteiger partial charge >= 0.3 is 18.0 Å². The van der Waals surface area contributed by atoms with Crippen LogP contribution in [0.1, 0.15) is 146 Å². The van der Waals surface area contributed by atoms with E-state index in [1.165, 1.54) is 10.8 Å². The number of carboxylic acids is 1. The number of carbonyl (C=O) groups is 9. The van der Waals surface area contributed by atoms with Crippen LogP contribution in [-0.2, 0) is 89.0 Å². The van der Waals surface area contributed by atoms with E-state index < -0.39 is 141 Å². The van der Waals surface area contributed by atoms with Crippen molar-refractivity contribution in [3.63, 3.8) is 0 Å². The summed E-state index contributed by atoms with van der Waals surface area (Å²) < 4.78 is 57.3. The van der Waals surface area contributed by atoms with Gasteiger partial charge in [-0.2, -0.15) is 0 Å². The van der Waals surface area contributed by atoms with Crippen LogP contribution in [-0.4, -0.2) is 162 Å². The molecule has 1 aliphatic carbocycles. The van der Waals surface area contributed by atoms with Crippen molar-refractivity contribution in [2.45, 2.75) is 183 Å². The number of hydrogen-bond donors (Lipinski definition) is 10. The Bertz CT molecular complexity index is 5600. The number of methoxy groups -OCH3 is 1. The van der Waals surface area contributed by atoms with Gasteiger partial charge in [-0.05, 0) is 173 Å². The zero-order valence-corrected chi connectivity index (χ0v) is 72.1. The zero-order chi connectivity index (χ0) is 89.5. The Morgan fingerprint density at radius 3 is 1.71 bits per heavy atom. The SMILES string of the molecule is COC(=O)[C@H](CCCCN)NC(=O)[C@H](Cc1cn(C(=O)OC(C)(C)C)c2ccccc12)NC(=O)[C@H](CCCNC(=N)NS(=O)(=O)c1c(C)c(C)c2c(c1C)CC(C)(C)O2)NC(=O)[C@@H](Cc1ccccc1)NC(=O)[C@H](Cc1cn(C(c2ccccc2)(c2ccccc2)c2ccccc2)cn1)NC(=O)[C@H](CC(=O)O)[N-]C(=O)OCC1c2ccccc2-c2ccccc21. The maximum absolute atomic E-state index is 16.0. The van der Waals surface area contributed by atoms with E-state index in [9.17, 15) is 32.7 Å². The average molecular weight is 1720 g/mol. The number of nitrogens with one attached hydrogen (secondary N) is 8. The number of carbonyl (C=O) groups excluding carboxylic acids is 8. The number of benzene rings is 8. The van der Waals surface area contributed by atoms with E-state index in [-0.39, 0.29) is 62.4 Å². The molecule has 8 aromatic carbocycles. The van der Waals surface area contributed by atoms with E-state index in [0.717, 1.165) is 51.6 Å². The first kappa shape index (κ1) is 90.7. The predicted molar refractivity (Wildman–Crippen MR) is 471 cm³/mol. The van der Waals surface area contributed by atoms with Crippen molar-refractivity contribution in [1.82, 2.24) is 50.7 Å². The van der Waals surface area contributed by atoms with Crippen LogP contribution < -0.4 is 47.1 Å². The van der Waals surface area contributed by atoms with Crippen LogP contribution >= 0.6 is 0 Å². The lowest BCUT2D eigenvalue weighted by atomic mass is 9.77. The molecule has 30 heteroatoms. The van der Waals surface area contributed by atoms with Gasteiger partial charge in [0.2, 0.25) is 41.6 Å². The Labute approximate surface area is 726 Å². The molecule has 10 aromatic rings. The number of nitrogens with two attached hydrogens (primary N) is 1. The third kappa shape index (κ3) is 21.6. The molecule has 0 saturated carbocycles. The number of aliphatic carboxylic acids is 1. The van der Waals surface area contributed by atoms with Gasteiger partial charge in [0.05, 0.1) is 29.5 Å². The van der Waals surface area contributed by atoms with Gasteiger partial charge in [-0.1, -0.05) is 188 Å². The average Bonchev–Trinajstić information content (AvgIpc) is 1.70. The fourth-order valence-electron chi connectivity index (χ4n) is 16.4. The van der Waals surface area contributed by atoms with Gasteiger partial charge in [-0.3, -0.25) is 43.5 Å². The molecule has 0 radical (unpaired) electrons. The number of sulfonamides is 1. The Morgan fingerprint density at radius 1 is 0.624 bits per heavy atom. The summed E-state index contributed by atoms with van der Waals surface area (Å²) in [5, 5.41) is 40.7. The highest BCUT2D eigenvalue weighted by molar-refractivity contribution is 7.90. The van der Waals surface area contributed by atoms with Gasteiger partial charge < -0.3 is 71.6 Å². The minimum atomic E-state index is -4.45. The van der Waals surface area contributed by atoms with Crippen LogP contribution in [0.25, 0.3) is 27.3 Å². The van der Waals surface area contributed by atoms with E-state index >= 15 is 24.0 Å². The van der Waals surface area contributed by atoms with Crippen molar-refractivity contribution >= 4 is 80.5 Å². The molecule has 0 bridgehead atoms. The van der Waals surface area contributed by atoms with Crippen LogP contribution in [0, 0.1) is 26.2 Å². The Kier molecular flexibility index (Phi) is 28.9. The van der Waals surface area contributed by atoms with Gasteiger partial charge in [-0.15, -0.1) is 0 Å². The number of carboxylic acid groups (broad SMARTS) is 1. The molecule has 0 unspecified atom stereocenters. The fraction of sp³-hybridized carbons (Fsp3) is 0.337. The zero-order valence-electron chi connectivity index (χ0n) is 71.3. The predicted octanol–water partition coefficient (Wildman–Crippen LogP) is 11.3. The highest BCUT2D eigenvalue weighted by atomic mass is 32.2. The monoisotopic (exact) mass is 1720 g/mol. The number of imidazole rings is 1. The topological polar surface area (TPSA) is 416 Å². The quantitative estimate of drug-likeness (QED) is 0.00435. The maximum Gasteiger partial charge on any atom is 0.419 e. The number of nitrogens with zero attached hydrogens (tertiary/aromatic N) is 4. The number of ether oxygens (including phenoxy) is 4. The van der Waals surface area contributed by atoms with Gasteiger partial charge in [0.1, 0.15) is 59.3 Å². The number of guanidine groups is 1. The molecule has 0 fully saturated rings. The van der Waals surface area contributed by atoms with E-state index in [4.69, 9.17) is 35.1 Å². The van der Waals surface area contributed by atoms with Crippen molar-refractivity contribution in [3.05, 3.63) is 285 Å². The lowest BCUT2D eigenvalue weighted by Gasteiger charge is -2.37. The molecule has 2 aromatic heterocycles. The molecule has 6 amide bonds. The second-order valence-electron chi connectivity index (χ2n) is 33.0. The van der Waals surface area contributed by atoms with Gasteiger partial charge in [0.25, 0.3) is 10.0 Å². The van der Waals surface area contributed by atoms with Crippen LogP contribution in [0.3, 0.4) is 0 Å². The number of aromatic nitrogens is 3. The number of rotatable bonds is 36. The van der Waals surface area contributed by atoms with Gasteiger partial charge in [0.15, 0.2) is 0 Å². The summed E-state index contributed by atoms with van der Waals surface area (Å²) in [4.78, 5) is 137. The largest absolute Gasteiger partial charge is 0.607 e. The molecule has 654 valence electrons. The molecule has 6 atom stereocenters. The Balaban J connectivity index is 0.895. The lowest BCUT2D eigenvalue weighted by molar-refractivity contribution is -0.145. The van der Waals surface area contributed by atoms with E-state index in [1.807, 2.05) is 158 Å². The first-order valence-electron chi connectivity index (χ1n) is 41.6. The number of esters is 1. The highest BCUT2D eigenvalue weighted by Gasteiger charge is 2.42. The molecular weight excluding hydrogens is 1610 g/mol. The van der Waals surface area contributed by atoms with Gasteiger partial charge in [0, 0.05) is 67.9 Å². The summed E-state index contributed by atoms with van der Waals surface area (Å²) in [6.45, 7) is 13.8. The smallest absolute Gasteiger partial charge is 0.419 e. The summed E-state index contributed by atoms with van der Waals surface area (Å²) in [5.41, 5.74) is 12.8. The summed E-state index contributed by atoms with van der Waals surface area (Å²) in [7, 11) is -3.30. The minimum absolute atomic E-state index is 0.0271. The maximum atomic E-state index is 16.0. The molecule has 12 rings (SSSR count). The van der Waals surface area contributed by atoms with Crippen molar-refractivity contribution < 1.29 is 75.6 Å². The standard InChI is InChI=1S/C95H107N13O16S/c1-58-59(2)83(60(3)72-53-94(7,8)123-82(58)72)125(119,120)106-90(97)98-48-30-45-74(84(111)103-77(86(113)101-75(89(116)121-9)44-28-29-47-96)50-62-54-108(92(118)124-93(4,5)6)80-46-27-26-39-67(62)80)100-85(112)76(49-61-31-14-10-15-32-61)102-87(114)78(51-66-55-107(57-99-66)95(63-33-16-11-17-34-63,64-35-18-12-19-36-64)65-37-20-13-21-38-65)104-88(115)79(52-81(109)110)105-91(117)122-56-73-70-42-24-22-40-68(70)69-41-23-25-43-71(69)73/h10-27,31-43,46,54-55,57,73-79H,28-30,44-45,47-53,56,96H2,1-9H3,(H10,97,98,100,101,102,103,104,105,106,109,110,111,112,113,114,115,117)/p-1/t74-,75-,76+,77-,78-,79-/m0/s1. The number of para-hydroxylation sites is 1. The summed E-state index contributed by atoms with van der Waals surface area (Å²) in [6, 6.07) is 49.3. The van der Waals surface area contributed by atoms with E-state index in [0.29, 0.717) is 63.7 Å². The molecule has 29 nitrogen and oxygen atoms in total. The summed E-state index contributed by atoms with van der Waals surface area (Å²) in [6.07, 6.45) is 1.47.